The van der Waals surface area contributed by atoms with E-state index in [4.69, 9.17) is 4.74 Å². The van der Waals surface area contributed by atoms with Crippen molar-refractivity contribution in [2.75, 3.05) is 26.7 Å². The molecule has 0 spiro atoms. The highest BCUT2D eigenvalue weighted by Crippen LogP contribution is 2.53. The molecule has 3 fully saturated rings. The van der Waals surface area contributed by atoms with Gasteiger partial charge in [0.05, 0.1) is 7.11 Å². The van der Waals surface area contributed by atoms with E-state index in [0.29, 0.717) is 18.7 Å². The number of nitrogens with zero attached hydrogens (tertiary/aromatic N) is 2. The van der Waals surface area contributed by atoms with Gasteiger partial charge in [0.1, 0.15) is 11.3 Å². The summed E-state index contributed by atoms with van der Waals surface area (Å²) in [4.78, 5) is 70.1. The Hall–Kier alpha value is -3.81. The highest BCUT2D eigenvalue weighted by molar-refractivity contribution is 6.36. The van der Waals surface area contributed by atoms with E-state index in [-0.39, 0.29) is 43.4 Å². The molecule has 2 aliphatic heterocycles. The molecule has 1 saturated carbocycles. The predicted octanol–water partition coefficient (Wildman–Crippen LogP) is 2.70. The van der Waals surface area contributed by atoms with Crippen LogP contribution in [0, 0.1) is 17.8 Å². The molecule has 0 unspecified atom stereocenters. The Labute approximate surface area is 221 Å². The number of benzene rings is 2. The smallest absolute Gasteiger partial charge is 0.332 e. The minimum atomic E-state index is -1.50. The number of methoxy groups -OCH3 is 1. The van der Waals surface area contributed by atoms with Crippen molar-refractivity contribution in [1.29, 1.82) is 0 Å². The Morgan fingerprint density at radius 3 is 2.21 bits per heavy atom. The summed E-state index contributed by atoms with van der Waals surface area (Å²) in [6, 6.07) is 18.0. The highest BCUT2D eigenvalue weighted by Gasteiger charge is 2.66. The molecule has 0 aromatic heterocycles. The van der Waals surface area contributed by atoms with Crippen LogP contribution in [0.3, 0.4) is 0 Å². The fraction of sp³-hybridized carbons (Fsp3) is 0.433. The Balaban J connectivity index is 1.56. The number of likely N-dealkylation sites (tertiary alicyclic amines) is 2. The first-order chi connectivity index (χ1) is 18.4. The Bertz CT molecular complexity index is 1240. The van der Waals surface area contributed by atoms with E-state index >= 15 is 0 Å². The number of Topliss-reactive ketones (excluding diaryl/α,β-unsaturated/α-hetero) is 2. The number of carbonyl (C=O) groups excluding carboxylic acids is 5. The van der Waals surface area contributed by atoms with E-state index < -0.39 is 35.0 Å². The maximum Gasteiger partial charge on any atom is 0.332 e. The van der Waals surface area contributed by atoms with Crippen molar-refractivity contribution in [2.45, 2.75) is 37.6 Å². The molecule has 2 aromatic rings. The summed E-state index contributed by atoms with van der Waals surface area (Å²) < 4.78 is 5.35. The molecule has 2 amide bonds. The van der Waals surface area contributed by atoms with Gasteiger partial charge in [-0.05, 0) is 36.5 Å². The quantitative estimate of drug-likeness (QED) is 0.414. The van der Waals surface area contributed by atoms with Crippen molar-refractivity contribution in [1.82, 2.24) is 9.80 Å². The SMILES string of the molecule is COC(=O)[C@@]1(Cc2ccccc2)[C@@H]2[C@@H](CC(=O)[C@H]2CC(=O)C(=O)N2CCCC2)CN1C(=O)c1ccccc1. The van der Waals surface area contributed by atoms with Gasteiger partial charge in [-0.3, -0.25) is 19.2 Å². The molecule has 38 heavy (non-hydrogen) atoms. The molecule has 198 valence electrons. The topological polar surface area (TPSA) is 101 Å². The van der Waals surface area contributed by atoms with Crippen molar-refractivity contribution in [2.24, 2.45) is 17.8 Å². The largest absolute Gasteiger partial charge is 0.467 e. The Kier molecular flexibility index (Phi) is 7.15. The molecule has 2 heterocycles. The fourth-order valence-electron chi connectivity index (χ4n) is 6.78. The van der Waals surface area contributed by atoms with E-state index in [0.717, 1.165) is 18.4 Å². The molecule has 4 atom stereocenters. The average molecular weight is 517 g/mol. The summed E-state index contributed by atoms with van der Waals surface area (Å²) in [7, 11) is 1.28. The van der Waals surface area contributed by atoms with E-state index in [1.165, 1.54) is 12.0 Å². The van der Waals surface area contributed by atoms with Crippen LogP contribution in [0.1, 0.15) is 41.6 Å². The molecule has 0 radical (unpaired) electrons. The van der Waals surface area contributed by atoms with Gasteiger partial charge < -0.3 is 14.5 Å². The normalized spacial score (nSPS) is 26.3. The first kappa shape index (κ1) is 25.8. The second kappa shape index (κ2) is 10.5. The standard InChI is InChI=1S/C30H32N2O6/c1-38-29(37)30(18-20-10-4-2-5-11-20)26-22(19-32(30)27(35)21-12-6-3-7-13-21)16-24(33)23(26)17-25(34)28(36)31-14-8-9-15-31/h2-7,10-13,22-23,26H,8-9,14-19H2,1H3/t22-,23+,26+,30+/m0/s1. The third kappa shape index (κ3) is 4.42. The number of carbonyl (C=O) groups is 5. The van der Waals surface area contributed by atoms with E-state index in [9.17, 15) is 24.0 Å². The van der Waals surface area contributed by atoms with Crippen LogP contribution in [0.4, 0.5) is 0 Å². The molecule has 5 rings (SSSR count). The van der Waals surface area contributed by atoms with E-state index in [1.54, 1.807) is 29.2 Å². The van der Waals surface area contributed by atoms with Gasteiger partial charge in [0.25, 0.3) is 11.8 Å². The summed E-state index contributed by atoms with van der Waals surface area (Å²) in [5.74, 6) is -4.09. The highest BCUT2D eigenvalue weighted by atomic mass is 16.5. The molecule has 2 saturated heterocycles. The van der Waals surface area contributed by atoms with Crippen molar-refractivity contribution in [3.8, 4) is 0 Å². The monoisotopic (exact) mass is 516 g/mol. The van der Waals surface area contributed by atoms with Crippen molar-refractivity contribution < 1.29 is 28.7 Å². The summed E-state index contributed by atoms with van der Waals surface area (Å²) in [5.41, 5.74) is -0.263. The van der Waals surface area contributed by atoms with Crippen molar-refractivity contribution in [3.63, 3.8) is 0 Å². The molecular weight excluding hydrogens is 484 g/mol. The lowest BCUT2D eigenvalue weighted by Crippen LogP contribution is -2.60. The maximum absolute atomic E-state index is 13.9. The second-order valence-corrected chi connectivity index (χ2v) is 10.5. The van der Waals surface area contributed by atoms with Gasteiger partial charge >= 0.3 is 5.97 Å². The Morgan fingerprint density at radius 1 is 0.947 bits per heavy atom. The number of rotatable bonds is 7. The van der Waals surface area contributed by atoms with Crippen LogP contribution in [0.15, 0.2) is 60.7 Å². The summed E-state index contributed by atoms with van der Waals surface area (Å²) >= 11 is 0. The van der Waals surface area contributed by atoms with Crippen molar-refractivity contribution >= 4 is 29.4 Å². The van der Waals surface area contributed by atoms with Crippen LogP contribution in [-0.2, 0) is 30.3 Å². The maximum atomic E-state index is 13.9. The van der Waals surface area contributed by atoms with Gasteiger partial charge in [-0.25, -0.2) is 4.79 Å². The van der Waals surface area contributed by atoms with Crippen LogP contribution >= 0.6 is 0 Å². The molecule has 1 aliphatic carbocycles. The molecule has 3 aliphatic rings. The first-order valence-electron chi connectivity index (χ1n) is 13.2. The summed E-state index contributed by atoms with van der Waals surface area (Å²) in [6.07, 6.45) is 1.72. The second-order valence-electron chi connectivity index (χ2n) is 10.5. The lowest BCUT2D eigenvalue weighted by molar-refractivity contribution is -0.156. The third-order valence-electron chi connectivity index (χ3n) is 8.43. The molecule has 0 N–H and O–H groups in total. The van der Waals surface area contributed by atoms with E-state index in [2.05, 4.69) is 0 Å². The molecular formula is C30H32N2O6. The third-order valence-corrected chi connectivity index (χ3v) is 8.43. The lowest BCUT2D eigenvalue weighted by atomic mass is 9.71. The lowest BCUT2D eigenvalue weighted by Gasteiger charge is -2.41. The number of ether oxygens (including phenoxy) is 1. The summed E-state index contributed by atoms with van der Waals surface area (Å²) in [6.45, 7) is 1.26. The van der Waals surface area contributed by atoms with Gasteiger partial charge in [0, 0.05) is 56.3 Å². The van der Waals surface area contributed by atoms with Gasteiger partial charge in [-0.15, -0.1) is 0 Å². The van der Waals surface area contributed by atoms with Crippen LogP contribution in [0.25, 0.3) is 0 Å². The zero-order valence-electron chi connectivity index (χ0n) is 21.5. The minimum absolute atomic E-state index is 0.137. The number of esters is 1. The van der Waals surface area contributed by atoms with E-state index in [1.807, 2.05) is 36.4 Å². The number of hydrogen-bond acceptors (Lipinski definition) is 6. The van der Waals surface area contributed by atoms with Gasteiger partial charge in [-0.2, -0.15) is 0 Å². The van der Waals surface area contributed by atoms with Crippen LogP contribution in [0.2, 0.25) is 0 Å². The zero-order valence-corrected chi connectivity index (χ0v) is 21.5. The first-order valence-corrected chi connectivity index (χ1v) is 13.2. The molecule has 2 aromatic carbocycles. The fourth-order valence-corrected chi connectivity index (χ4v) is 6.78. The summed E-state index contributed by atoms with van der Waals surface area (Å²) in [5, 5.41) is 0. The van der Waals surface area contributed by atoms with Gasteiger partial charge in [0.15, 0.2) is 0 Å². The number of amides is 2. The van der Waals surface area contributed by atoms with Gasteiger partial charge in [-0.1, -0.05) is 48.5 Å². The van der Waals surface area contributed by atoms with Crippen LogP contribution in [0.5, 0.6) is 0 Å². The predicted molar refractivity (Wildman–Crippen MR) is 138 cm³/mol. The number of hydrogen-bond donors (Lipinski definition) is 0. The average Bonchev–Trinajstić information content (AvgIpc) is 3.66. The minimum Gasteiger partial charge on any atom is -0.467 e. The number of ketones is 2. The number of fused-ring (bicyclic) bond motifs is 1. The van der Waals surface area contributed by atoms with Gasteiger partial charge in [0.2, 0.25) is 5.78 Å². The molecule has 8 heteroatoms. The van der Waals surface area contributed by atoms with Crippen LogP contribution in [-0.4, -0.2) is 71.4 Å². The zero-order chi connectivity index (χ0) is 26.9. The van der Waals surface area contributed by atoms with Crippen molar-refractivity contribution in [3.05, 3.63) is 71.8 Å². The van der Waals surface area contributed by atoms with Crippen LogP contribution < -0.4 is 0 Å². The molecule has 0 bridgehead atoms. The Morgan fingerprint density at radius 2 is 1.58 bits per heavy atom. The molecule has 8 nitrogen and oxygen atoms in total.